The normalized spacial score (nSPS) is 23.5. The van der Waals surface area contributed by atoms with Gasteiger partial charge in [0.25, 0.3) is 0 Å². The van der Waals surface area contributed by atoms with E-state index in [1.807, 2.05) is 13.8 Å². The van der Waals surface area contributed by atoms with Crippen LogP contribution in [-0.4, -0.2) is 35.3 Å². The van der Waals surface area contributed by atoms with Gasteiger partial charge in [-0.05, 0) is 33.8 Å². The standard InChI is InChI=1S/C14H21N3OS/c1-8-5-12(13(14(15)19)11(4)16-8)17-6-10(3)18-7-9(17)2/h5,9-10H,6-7H2,1-4H3,(H2,15,19). The Bertz CT molecular complexity index is 504. The van der Waals surface area contributed by atoms with Crippen molar-refractivity contribution in [2.45, 2.75) is 39.8 Å². The van der Waals surface area contributed by atoms with Crippen molar-refractivity contribution in [3.8, 4) is 0 Å². The second kappa shape index (κ2) is 5.43. The highest BCUT2D eigenvalue weighted by atomic mass is 32.1. The fraction of sp³-hybridized carbons (Fsp3) is 0.571. The molecule has 1 aromatic rings. The van der Waals surface area contributed by atoms with Gasteiger partial charge in [-0.2, -0.15) is 0 Å². The predicted molar refractivity (Wildman–Crippen MR) is 81.8 cm³/mol. The molecular formula is C14H21N3OS. The molecule has 2 atom stereocenters. The summed E-state index contributed by atoms with van der Waals surface area (Å²) in [4.78, 5) is 7.20. The third-order valence-electron chi connectivity index (χ3n) is 3.47. The van der Waals surface area contributed by atoms with Crippen LogP contribution in [0.25, 0.3) is 0 Å². The van der Waals surface area contributed by atoms with Gasteiger partial charge in [-0.3, -0.25) is 4.98 Å². The number of ether oxygens (including phenoxy) is 1. The second-order valence-electron chi connectivity index (χ2n) is 5.25. The molecular weight excluding hydrogens is 258 g/mol. The van der Waals surface area contributed by atoms with Crippen molar-refractivity contribution in [2.24, 2.45) is 5.73 Å². The Kier molecular flexibility index (Phi) is 4.06. The molecule has 0 aliphatic carbocycles. The van der Waals surface area contributed by atoms with Crippen molar-refractivity contribution in [1.82, 2.24) is 4.98 Å². The number of anilines is 1. The first-order valence-electron chi connectivity index (χ1n) is 6.56. The fourth-order valence-electron chi connectivity index (χ4n) is 2.58. The lowest BCUT2D eigenvalue weighted by Gasteiger charge is -2.39. The summed E-state index contributed by atoms with van der Waals surface area (Å²) >= 11 is 5.20. The quantitative estimate of drug-likeness (QED) is 0.839. The van der Waals surface area contributed by atoms with E-state index in [0.717, 1.165) is 35.8 Å². The molecule has 1 aromatic heterocycles. The Morgan fingerprint density at radius 1 is 1.47 bits per heavy atom. The van der Waals surface area contributed by atoms with Crippen LogP contribution in [0.3, 0.4) is 0 Å². The first-order chi connectivity index (χ1) is 8.90. The number of morpholine rings is 1. The zero-order valence-electron chi connectivity index (χ0n) is 11.9. The number of thiocarbonyl (C=S) groups is 1. The molecule has 0 amide bonds. The van der Waals surface area contributed by atoms with Gasteiger partial charge >= 0.3 is 0 Å². The SMILES string of the molecule is Cc1cc(N2CC(C)OCC2C)c(C(N)=S)c(C)n1. The number of hydrogen-bond donors (Lipinski definition) is 1. The van der Waals surface area contributed by atoms with E-state index < -0.39 is 0 Å². The monoisotopic (exact) mass is 279 g/mol. The molecule has 1 fully saturated rings. The first kappa shape index (κ1) is 14.2. The maximum Gasteiger partial charge on any atom is 0.107 e. The van der Waals surface area contributed by atoms with Crippen molar-refractivity contribution in [3.05, 3.63) is 23.0 Å². The second-order valence-corrected chi connectivity index (χ2v) is 5.69. The summed E-state index contributed by atoms with van der Waals surface area (Å²) in [5.41, 5.74) is 9.74. The molecule has 0 spiro atoms. The molecule has 1 aliphatic rings. The van der Waals surface area contributed by atoms with Gasteiger partial charge in [-0.25, -0.2) is 0 Å². The predicted octanol–water partition coefficient (Wildman–Crippen LogP) is 1.95. The van der Waals surface area contributed by atoms with E-state index in [2.05, 4.69) is 29.8 Å². The zero-order chi connectivity index (χ0) is 14.2. The first-order valence-corrected chi connectivity index (χ1v) is 6.97. The Morgan fingerprint density at radius 3 is 2.79 bits per heavy atom. The minimum absolute atomic E-state index is 0.212. The molecule has 1 aliphatic heterocycles. The lowest BCUT2D eigenvalue weighted by atomic mass is 10.1. The highest BCUT2D eigenvalue weighted by molar-refractivity contribution is 7.80. The molecule has 104 valence electrons. The summed E-state index contributed by atoms with van der Waals surface area (Å²) in [6, 6.07) is 2.38. The number of aromatic nitrogens is 1. The minimum Gasteiger partial charge on any atom is -0.389 e. The summed E-state index contributed by atoms with van der Waals surface area (Å²) in [5.74, 6) is 0. The number of aryl methyl sites for hydroxylation is 2. The van der Waals surface area contributed by atoms with Crippen LogP contribution in [0.4, 0.5) is 5.69 Å². The van der Waals surface area contributed by atoms with Gasteiger partial charge in [-0.1, -0.05) is 12.2 Å². The maximum atomic E-state index is 5.89. The van der Waals surface area contributed by atoms with Gasteiger partial charge in [-0.15, -0.1) is 0 Å². The maximum absolute atomic E-state index is 5.89. The molecule has 1 saturated heterocycles. The van der Waals surface area contributed by atoms with Crippen molar-refractivity contribution in [3.63, 3.8) is 0 Å². The van der Waals surface area contributed by atoms with E-state index in [0.29, 0.717) is 11.0 Å². The molecule has 2 N–H and O–H groups in total. The van der Waals surface area contributed by atoms with Gasteiger partial charge in [0, 0.05) is 24.0 Å². The zero-order valence-corrected chi connectivity index (χ0v) is 12.8. The topological polar surface area (TPSA) is 51.4 Å². The number of hydrogen-bond acceptors (Lipinski definition) is 4. The van der Waals surface area contributed by atoms with E-state index in [4.69, 9.17) is 22.7 Å². The van der Waals surface area contributed by atoms with Crippen LogP contribution in [0.1, 0.15) is 30.8 Å². The van der Waals surface area contributed by atoms with Crippen LogP contribution < -0.4 is 10.6 Å². The smallest absolute Gasteiger partial charge is 0.107 e. The Hall–Kier alpha value is -1.20. The van der Waals surface area contributed by atoms with Crippen LogP contribution in [0.2, 0.25) is 0 Å². The lowest BCUT2D eigenvalue weighted by Crippen LogP contribution is -2.48. The molecule has 2 unspecified atom stereocenters. The van der Waals surface area contributed by atoms with Gasteiger partial charge in [0.05, 0.1) is 24.0 Å². The molecule has 2 rings (SSSR count). The summed E-state index contributed by atoms with van der Waals surface area (Å²) in [6.45, 7) is 9.76. The van der Waals surface area contributed by atoms with E-state index in [9.17, 15) is 0 Å². The molecule has 0 aromatic carbocycles. The van der Waals surface area contributed by atoms with Crippen LogP contribution in [0, 0.1) is 13.8 Å². The molecule has 2 heterocycles. The lowest BCUT2D eigenvalue weighted by molar-refractivity contribution is 0.0343. The molecule has 0 radical (unpaired) electrons. The minimum atomic E-state index is 0.212. The van der Waals surface area contributed by atoms with E-state index in [1.54, 1.807) is 0 Å². The summed E-state index contributed by atoms with van der Waals surface area (Å²) in [6.07, 6.45) is 0.212. The van der Waals surface area contributed by atoms with Crippen LogP contribution >= 0.6 is 12.2 Å². The average molecular weight is 279 g/mol. The van der Waals surface area contributed by atoms with Gasteiger partial charge in [0.2, 0.25) is 0 Å². The Balaban J connectivity index is 2.50. The summed E-state index contributed by atoms with van der Waals surface area (Å²) < 4.78 is 5.68. The molecule has 4 nitrogen and oxygen atoms in total. The highest BCUT2D eigenvalue weighted by Crippen LogP contribution is 2.28. The molecule has 5 heteroatoms. The third kappa shape index (κ3) is 2.87. The fourth-order valence-corrected chi connectivity index (χ4v) is 2.83. The number of pyridine rings is 1. The Labute approximate surface area is 120 Å². The molecule has 19 heavy (non-hydrogen) atoms. The number of nitrogens with zero attached hydrogens (tertiary/aromatic N) is 2. The van der Waals surface area contributed by atoms with Crippen molar-refractivity contribution < 1.29 is 4.74 Å². The average Bonchev–Trinajstić information content (AvgIpc) is 2.30. The van der Waals surface area contributed by atoms with Gasteiger partial charge in [0.1, 0.15) is 4.99 Å². The summed E-state index contributed by atoms with van der Waals surface area (Å²) in [5, 5.41) is 0. The van der Waals surface area contributed by atoms with E-state index >= 15 is 0 Å². The Morgan fingerprint density at radius 2 is 2.16 bits per heavy atom. The van der Waals surface area contributed by atoms with E-state index in [1.165, 1.54) is 0 Å². The van der Waals surface area contributed by atoms with Crippen molar-refractivity contribution >= 4 is 22.9 Å². The largest absolute Gasteiger partial charge is 0.389 e. The number of nitrogens with two attached hydrogens (primary N) is 1. The number of rotatable bonds is 2. The van der Waals surface area contributed by atoms with Gasteiger partial charge < -0.3 is 15.4 Å². The van der Waals surface area contributed by atoms with Crippen LogP contribution in [-0.2, 0) is 4.74 Å². The van der Waals surface area contributed by atoms with Crippen LogP contribution in [0.15, 0.2) is 6.07 Å². The van der Waals surface area contributed by atoms with Crippen molar-refractivity contribution in [1.29, 1.82) is 0 Å². The highest BCUT2D eigenvalue weighted by Gasteiger charge is 2.27. The molecule has 0 bridgehead atoms. The third-order valence-corrected chi connectivity index (χ3v) is 3.68. The van der Waals surface area contributed by atoms with E-state index in [-0.39, 0.29) is 6.10 Å². The summed E-state index contributed by atoms with van der Waals surface area (Å²) in [7, 11) is 0. The molecule has 0 saturated carbocycles. The van der Waals surface area contributed by atoms with Crippen molar-refractivity contribution in [2.75, 3.05) is 18.1 Å². The van der Waals surface area contributed by atoms with Crippen LogP contribution in [0.5, 0.6) is 0 Å². The van der Waals surface area contributed by atoms with Gasteiger partial charge in [0.15, 0.2) is 0 Å².